The highest BCUT2D eigenvalue weighted by atomic mass is 16.5. The van der Waals surface area contributed by atoms with E-state index in [-0.39, 0.29) is 5.91 Å². The summed E-state index contributed by atoms with van der Waals surface area (Å²) in [5.74, 6) is 0.890. The number of ether oxygens (including phenoxy) is 1. The maximum Gasteiger partial charge on any atom is 0.219 e. The minimum absolute atomic E-state index is 0.155. The zero-order valence-corrected chi connectivity index (χ0v) is 7.67. The Bertz CT molecular complexity index is 217. The van der Waals surface area contributed by atoms with Crippen LogP contribution in [0.1, 0.15) is 13.3 Å². The fourth-order valence-corrected chi connectivity index (χ4v) is 2.07. The summed E-state index contributed by atoms with van der Waals surface area (Å²) in [5, 5.41) is 0. The lowest BCUT2D eigenvalue weighted by Crippen LogP contribution is -2.32. The Morgan fingerprint density at radius 3 is 2.92 bits per heavy atom. The fraction of sp³-hybridized carbons (Fsp3) is 0.889. The fourth-order valence-electron chi connectivity index (χ4n) is 2.07. The molecular weight excluding hydrogens is 154 g/mol. The topological polar surface area (TPSA) is 29.5 Å². The minimum Gasteiger partial charge on any atom is -0.380 e. The number of fused-ring (bicyclic) bond motifs is 1. The van der Waals surface area contributed by atoms with Crippen molar-refractivity contribution in [1.29, 1.82) is 0 Å². The third-order valence-electron chi connectivity index (χ3n) is 3.16. The zero-order chi connectivity index (χ0) is 8.77. The first kappa shape index (κ1) is 8.05. The van der Waals surface area contributed by atoms with Crippen molar-refractivity contribution < 1.29 is 9.53 Å². The second-order valence-electron chi connectivity index (χ2n) is 4.15. The van der Waals surface area contributed by atoms with E-state index in [1.54, 1.807) is 11.8 Å². The van der Waals surface area contributed by atoms with Crippen LogP contribution in [0.2, 0.25) is 0 Å². The van der Waals surface area contributed by atoms with Crippen molar-refractivity contribution in [2.75, 3.05) is 26.8 Å². The van der Waals surface area contributed by atoms with E-state index in [0.717, 1.165) is 25.7 Å². The van der Waals surface area contributed by atoms with Gasteiger partial charge in [-0.3, -0.25) is 4.79 Å². The van der Waals surface area contributed by atoms with Crippen molar-refractivity contribution in [3.8, 4) is 0 Å². The Labute approximate surface area is 72.7 Å². The van der Waals surface area contributed by atoms with E-state index in [1.807, 2.05) is 7.05 Å². The monoisotopic (exact) mass is 169 g/mol. The molecule has 0 N–H and O–H groups in total. The van der Waals surface area contributed by atoms with Crippen LogP contribution in [0.15, 0.2) is 0 Å². The predicted molar refractivity (Wildman–Crippen MR) is 44.7 cm³/mol. The van der Waals surface area contributed by atoms with Gasteiger partial charge >= 0.3 is 0 Å². The Kier molecular flexibility index (Phi) is 1.65. The molecule has 3 nitrogen and oxygen atoms in total. The maximum atomic E-state index is 11.0. The Balaban J connectivity index is 1.91. The van der Waals surface area contributed by atoms with Crippen molar-refractivity contribution >= 4 is 5.91 Å². The number of nitrogens with zero attached hydrogens (tertiary/aromatic N) is 1. The number of rotatable bonds is 2. The van der Waals surface area contributed by atoms with Crippen LogP contribution < -0.4 is 0 Å². The van der Waals surface area contributed by atoms with Gasteiger partial charge in [-0.2, -0.15) is 0 Å². The number of carbonyl (C=O) groups is 1. The summed E-state index contributed by atoms with van der Waals surface area (Å²) in [6, 6.07) is 0. The van der Waals surface area contributed by atoms with E-state index in [1.165, 1.54) is 6.42 Å². The highest BCUT2D eigenvalue weighted by Crippen LogP contribution is 2.57. The smallest absolute Gasteiger partial charge is 0.219 e. The van der Waals surface area contributed by atoms with Gasteiger partial charge in [-0.15, -0.1) is 0 Å². The molecule has 0 bridgehead atoms. The van der Waals surface area contributed by atoms with Crippen LogP contribution >= 0.6 is 0 Å². The van der Waals surface area contributed by atoms with Gasteiger partial charge in [0.05, 0.1) is 13.2 Å². The van der Waals surface area contributed by atoms with Gasteiger partial charge in [0.1, 0.15) is 0 Å². The van der Waals surface area contributed by atoms with Crippen molar-refractivity contribution in [3.05, 3.63) is 0 Å². The molecule has 0 spiro atoms. The van der Waals surface area contributed by atoms with E-state index in [9.17, 15) is 4.79 Å². The van der Waals surface area contributed by atoms with Crippen LogP contribution in [0.25, 0.3) is 0 Å². The molecule has 0 radical (unpaired) electrons. The van der Waals surface area contributed by atoms with Gasteiger partial charge in [-0.1, -0.05) is 0 Å². The molecule has 2 aliphatic rings. The molecule has 2 rings (SSSR count). The molecule has 2 atom stereocenters. The highest BCUT2D eigenvalue weighted by molar-refractivity contribution is 5.72. The number of carbonyl (C=O) groups excluding carboxylic acids is 1. The van der Waals surface area contributed by atoms with Crippen molar-refractivity contribution in [2.24, 2.45) is 11.3 Å². The Morgan fingerprint density at radius 2 is 2.50 bits per heavy atom. The molecule has 12 heavy (non-hydrogen) atoms. The molecule has 1 aliphatic heterocycles. The average Bonchev–Trinajstić information content (AvgIpc) is 2.53. The first-order valence-corrected chi connectivity index (χ1v) is 4.43. The molecule has 1 amide bonds. The van der Waals surface area contributed by atoms with E-state index < -0.39 is 0 Å². The summed E-state index contributed by atoms with van der Waals surface area (Å²) >= 11 is 0. The van der Waals surface area contributed by atoms with Crippen molar-refractivity contribution in [2.45, 2.75) is 13.3 Å². The van der Waals surface area contributed by atoms with Gasteiger partial charge in [0.25, 0.3) is 0 Å². The Morgan fingerprint density at radius 1 is 1.75 bits per heavy atom. The second-order valence-corrected chi connectivity index (χ2v) is 4.15. The van der Waals surface area contributed by atoms with Gasteiger partial charge in [0.15, 0.2) is 0 Å². The summed E-state index contributed by atoms with van der Waals surface area (Å²) in [4.78, 5) is 12.8. The second kappa shape index (κ2) is 2.46. The molecule has 1 heterocycles. The van der Waals surface area contributed by atoms with E-state index >= 15 is 0 Å². The summed E-state index contributed by atoms with van der Waals surface area (Å²) in [5.41, 5.74) is 0.348. The lowest BCUT2D eigenvalue weighted by molar-refractivity contribution is -0.128. The molecule has 1 saturated heterocycles. The van der Waals surface area contributed by atoms with Gasteiger partial charge in [0.2, 0.25) is 5.91 Å². The summed E-state index contributed by atoms with van der Waals surface area (Å²) < 4.78 is 5.35. The van der Waals surface area contributed by atoms with Crippen molar-refractivity contribution in [3.63, 3.8) is 0 Å². The van der Waals surface area contributed by atoms with Crippen LogP contribution in [0, 0.1) is 11.3 Å². The van der Waals surface area contributed by atoms with Crippen LogP contribution in [0.3, 0.4) is 0 Å². The third-order valence-corrected chi connectivity index (χ3v) is 3.16. The first-order valence-electron chi connectivity index (χ1n) is 4.43. The zero-order valence-electron chi connectivity index (χ0n) is 7.67. The largest absolute Gasteiger partial charge is 0.380 e. The molecule has 3 heteroatoms. The summed E-state index contributed by atoms with van der Waals surface area (Å²) in [7, 11) is 1.87. The highest BCUT2D eigenvalue weighted by Gasteiger charge is 2.58. The number of hydrogen-bond donors (Lipinski definition) is 0. The number of hydrogen-bond acceptors (Lipinski definition) is 2. The molecule has 0 aromatic heterocycles. The molecule has 1 saturated carbocycles. The standard InChI is InChI=1S/C9H15NO2/c1-7(11)10(2)5-9-3-8(9)4-12-6-9/h8H,3-6H2,1-2H3. The van der Waals surface area contributed by atoms with Crippen LogP contribution in [0.4, 0.5) is 0 Å². The maximum absolute atomic E-state index is 11.0. The summed E-state index contributed by atoms with van der Waals surface area (Å²) in [6.07, 6.45) is 1.25. The molecule has 1 aliphatic carbocycles. The van der Waals surface area contributed by atoms with E-state index in [2.05, 4.69) is 0 Å². The SMILES string of the molecule is CC(=O)N(C)CC12COCC1C2. The third kappa shape index (κ3) is 1.12. The first-order chi connectivity index (χ1) is 5.64. The molecular formula is C9H15NO2. The quantitative estimate of drug-likeness (QED) is 0.602. The van der Waals surface area contributed by atoms with E-state index in [0.29, 0.717) is 5.41 Å². The van der Waals surface area contributed by atoms with Crippen LogP contribution in [-0.2, 0) is 9.53 Å². The molecule has 0 aromatic carbocycles. The van der Waals surface area contributed by atoms with Crippen LogP contribution in [-0.4, -0.2) is 37.6 Å². The molecule has 2 fully saturated rings. The lowest BCUT2D eigenvalue weighted by Gasteiger charge is -2.20. The minimum atomic E-state index is 0.155. The number of amides is 1. The normalized spacial score (nSPS) is 37.7. The average molecular weight is 169 g/mol. The molecule has 0 aromatic rings. The Hall–Kier alpha value is -0.570. The van der Waals surface area contributed by atoms with Crippen molar-refractivity contribution in [1.82, 2.24) is 4.90 Å². The lowest BCUT2D eigenvalue weighted by atomic mass is 10.1. The van der Waals surface area contributed by atoms with Gasteiger partial charge in [0, 0.05) is 25.9 Å². The molecule has 2 unspecified atom stereocenters. The van der Waals surface area contributed by atoms with E-state index in [4.69, 9.17) is 4.74 Å². The van der Waals surface area contributed by atoms with Gasteiger partial charge in [-0.25, -0.2) is 0 Å². The van der Waals surface area contributed by atoms with Crippen LogP contribution in [0.5, 0.6) is 0 Å². The van der Waals surface area contributed by atoms with Gasteiger partial charge < -0.3 is 9.64 Å². The predicted octanol–water partition coefficient (Wildman–Crippen LogP) is 0.501. The van der Waals surface area contributed by atoms with Gasteiger partial charge in [-0.05, 0) is 12.3 Å². The summed E-state index contributed by atoms with van der Waals surface area (Å²) in [6.45, 7) is 4.26. The molecule has 68 valence electrons.